The average molecular weight is 643 g/mol. The molecular formula is C34H42O12. The Morgan fingerprint density at radius 1 is 1.09 bits per heavy atom. The predicted molar refractivity (Wildman–Crippen MR) is 159 cm³/mol. The topological polar surface area (TPSA) is 168 Å². The Morgan fingerprint density at radius 2 is 1.78 bits per heavy atom. The number of methoxy groups -OCH3 is 1. The second kappa shape index (κ2) is 11.4. The Kier molecular flexibility index (Phi) is 8.30. The Bertz CT molecular complexity index is 1530. The fraction of sp³-hybridized carbons (Fsp3) is 0.588. The maximum Gasteiger partial charge on any atom is 0.333 e. The number of cyclic esters (lactones) is 1. The minimum atomic E-state index is -2.52. The summed E-state index contributed by atoms with van der Waals surface area (Å²) in [6.45, 7) is 11.5. The number of fused-ring (bicyclic) bond motifs is 4. The Morgan fingerprint density at radius 3 is 2.37 bits per heavy atom. The van der Waals surface area contributed by atoms with Crippen molar-refractivity contribution < 1.29 is 57.5 Å². The van der Waals surface area contributed by atoms with Crippen molar-refractivity contribution in [3.8, 4) is 0 Å². The second-order valence-corrected chi connectivity index (χ2v) is 13.6. The number of carbonyl (C=O) groups excluding carboxylic acids is 4. The summed E-state index contributed by atoms with van der Waals surface area (Å²) in [5, 5.41) is 25.4. The second-order valence-electron chi connectivity index (χ2n) is 13.6. The third kappa shape index (κ3) is 4.88. The maximum atomic E-state index is 13.4. The van der Waals surface area contributed by atoms with Gasteiger partial charge in [-0.05, 0) is 44.4 Å². The molecule has 2 aliphatic carbocycles. The van der Waals surface area contributed by atoms with Crippen molar-refractivity contribution in [3.63, 3.8) is 0 Å². The highest BCUT2D eigenvalue weighted by Gasteiger charge is 2.75. The van der Waals surface area contributed by atoms with Crippen molar-refractivity contribution in [2.45, 2.75) is 97.4 Å². The summed E-state index contributed by atoms with van der Waals surface area (Å²) in [7, 11) is 1.27. The first-order chi connectivity index (χ1) is 21.5. The first-order valence-electron chi connectivity index (χ1n) is 15.3. The van der Waals surface area contributed by atoms with Crippen molar-refractivity contribution in [1.82, 2.24) is 0 Å². The molecule has 2 aliphatic heterocycles. The molecule has 3 heterocycles. The summed E-state index contributed by atoms with van der Waals surface area (Å²) in [6, 6.07) is 1.65. The minimum absolute atomic E-state index is 0.0448. The number of furan rings is 1. The molecular weight excluding hydrogens is 600 g/mol. The van der Waals surface area contributed by atoms with Crippen LogP contribution in [0.4, 0.5) is 0 Å². The van der Waals surface area contributed by atoms with Crippen molar-refractivity contribution in [1.29, 1.82) is 0 Å². The summed E-state index contributed by atoms with van der Waals surface area (Å²) in [4.78, 5) is 52.0. The van der Waals surface area contributed by atoms with Gasteiger partial charge < -0.3 is 38.3 Å². The van der Waals surface area contributed by atoms with Gasteiger partial charge in [0.25, 0.3) is 0 Å². The van der Waals surface area contributed by atoms with E-state index in [0.717, 1.165) is 13.0 Å². The Hall–Kier alpha value is -3.90. The van der Waals surface area contributed by atoms with Gasteiger partial charge in [0.2, 0.25) is 5.79 Å². The van der Waals surface area contributed by atoms with Crippen LogP contribution in [0.1, 0.15) is 79.4 Å². The number of esters is 4. The lowest BCUT2D eigenvalue weighted by Gasteiger charge is -2.64. The first kappa shape index (κ1) is 33.5. The van der Waals surface area contributed by atoms with E-state index in [1.165, 1.54) is 19.6 Å². The number of aliphatic hydroxyl groups is 2. The van der Waals surface area contributed by atoms with Crippen LogP contribution >= 0.6 is 0 Å². The van der Waals surface area contributed by atoms with E-state index in [2.05, 4.69) is 0 Å². The third-order valence-corrected chi connectivity index (χ3v) is 10.6. The van der Waals surface area contributed by atoms with Gasteiger partial charge in [0.15, 0.2) is 11.7 Å². The SMILES string of the molecule is C/C=C(\C)C(=O)O[C@@H]1[C@H]2C(=C(C)[C@@H](CC(=O)OC)C1(C)C)O[C@]1(O)CC[C@]3(C)C(=CC(=O)O[C@H]3c3ccoc3)[C@@]1(O)[C@@H]2OC(C)=O. The highest BCUT2D eigenvalue weighted by atomic mass is 16.7. The van der Waals surface area contributed by atoms with Crippen LogP contribution in [0.3, 0.4) is 0 Å². The van der Waals surface area contributed by atoms with E-state index in [0.29, 0.717) is 16.7 Å². The number of ether oxygens (including phenoxy) is 5. The molecule has 250 valence electrons. The lowest BCUT2D eigenvalue weighted by molar-refractivity contribution is -0.356. The molecule has 0 radical (unpaired) electrons. The molecule has 46 heavy (non-hydrogen) atoms. The van der Waals surface area contributed by atoms with Crippen LogP contribution in [-0.2, 0) is 42.9 Å². The Labute approximate surface area is 267 Å². The lowest BCUT2D eigenvalue weighted by atomic mass is 9.51. The zero-order chi connectivity index (χ0) is 34.0. The fourth-order valence-electron chi connectivity index (χ4n) is 7.94. The smallest absolute Gasteiger partial charge is 0.333 e. The average Bonchev–Trinajstić information content (AvgIpc) is 3.53. The van der Waals surface area contributed by atoms with E-state index in [1.54, 1.807) is 53.7 Å². The molecule has 1 aromatic heterocycles. The van der Waals surface area contributed by atoms with Gasteiger partial charge in [0.05, 0.1) is 32.0 Å². The molecule has 0 unspecified atom stereocenters. The summed E-state index contributed by atoms with van der Waals surface area (Å²) >= 11 is 0. The molecule has 1 saturated heterocycles. The monoisotopic (exact) mass is 642 g/mol. The largest absolute Gasteiger partial charge is 0.472 e. The van der Waals surface area contributed by atoms with Gasteiger partial charge in [-0.2, -0.15) is 0 Å². The van der Waals surface area contributed by atoms with Crippen molar-refractivity contribution >= 4 is 23.9 Å². The highest BCUT2D eigenvalue weighted by molar-refractivity contribution is 5.88. The van der Waals surface area contributed by atoms with E-state index in [1.807, 2.05) is 0 Å². The quantitative estimate of drug-likeness (QED) is 0.261. The molecule has 4 aliphatic rings. The van der Waals surface area contributed by atoms with Gasteiger partial charge in [-0.3, -0.25) is 9.59 Å². The number of allylic oxidation sites excluding steroid dienone is 2. The standard InChI is InChI=1S/C34H42O12/c1-9-17(2)30(38)45-28-25-26(18(3)21(31(28,5)6)14-23(36)41-8)46-33(39)12-11-32(7)22(34(33,40)29(25)43-19(4)35)15-24(37)44-27(32)20-10-13-42-16-20/h9-10,13,15-16,21,25,27-29,39-40H,11-12,14H2,1-8H3/b17-9+/t21-,25-,27+,28-,29-,32-,33-,34-/m1/s1. The molecule has 12 heteroatoms. The van der Waals surface area contributed by atoms with Crippen molar-refractivity contribution in [2.75, 3.05) is 7.11 Å². The first-order valence-corrected chi connectivity index (χ1v) is 15.3. The summed E-state index contributed by atoms with van der Waals surface area (Å²) in [6.07, 6.45) is 1.79. The van der Waals surface area contributed by atoms with Crippen LogP contribution in [0.5, 0.6) is 0 Å². The van der Waals surface area contributed by atoms with E-state index in [-0.39, 0.29) is 30.6 Å². The number of hydrogen-bond donors (Lipinski definition) is 2. The molecule has 2 N–H and O–H groups in total. The van der Waals surface area contributed by atoms with Crippen molar-refractivity contribution in [2.24, 2.45) is 22.7 Å². The third-order valence-electron chi connectivity index (χ3n) is 10.6. The predicted octanol–water partition coefficient (Wildman–Crippen LogP) is 3.97. The van der Waals surface area contributed by atoms with Crippen LogP contribution in [0, 0.1) is 22.7 Å². The van der Waals surface area contributed by atoms with Crippen LogP contribution < -0.4 is 0 Å². The van der Waals surface area contributed by atoms with Crippen molar-refractivity contribution in [3.05, 3.63) is 58.8 Å². The molecule has 0 aromatic carbocycles. The van der Waals surface area contributed by atoms with Gasteiger partial charge >= 0.3 is 23.9 Å². The van der Waals surface area contributed by atoms with Crippen LogP contribution in [0.2, 0.25) is 0 Å². The molecule has 12 nitrogen and oxygen atoms in total. The van der Waals surface area contributed by atoms with Crippen LogP contribution in [0.15, 0.2) is 57.6 Å². The molecule has 0 bridgehead atoms. The van der Waals surface area contributed by atoms with Gasteiger partial charge in [-0.1, -0.05) is 26.8 Å². The summed E-state index contributed by atoms with van der Waals surface area (Å²) in [5.74, 6) is -6.82. The molecule has 0 amide bonds. The molecule has 1 aromatic rings. The summed E-state index contributed by atoms with van der Waals surface area (Å²) in [5.41, 5.74) is -3.25. The van der Waals surface area contributed by atoms with E-state index in [9.17, 15) is 29.4 Å². The van der Waals surface area contributed by atoms with E-state index < -0.39 is 76.2 Å². The number of rotatable bonds is 6. The van der Waals surface area contributed by atoms with E-state index in [4.69, 9.17) is 28.1 Å². The normalized spacial score (nSPS) is 36.6. The molecule has 1 saturated carbocycles. The lowest BCUT2D eigenvalue weighted by Crippen LogP contribution is -2.76. The highest BCUT2D eigenvalue weighted by Crippen LogP contribution is 2.66. The van der Waals surface area contributed by atoms with Gasteiger partial charge in [0.1, 0.15) is 18.0 Å². The molecule has 0 spiro atoms. The van der Waals surface area contributed by atoms with E-state index >= 15 is 0 Å². The zero-order valence-electron chi connectivity index (χ0n) is 27.4. The fourth-order valence-corrected chi connectivity index (χ4v) is 7.94. The molecule has 8 atom stereocenters. The van der Waals surface area contributed by atoms with Gasteiger partial charge in [-0.25, -0.2) is 9.59 Å². The summed E-state index contributed by atoms with van der Waals surface area (Å²) < 4.78 is 34.6. The number of hydrogen-bond acceptors (Lipinski definition) is 12. The zero-order valence-corrected chi connectivity index (χ0v) is 27.4. The molecule has 5 rings (SSSR count). The maximum absolute atomic E-state index is 13.4. The van der Waals surface area contributed by atoms with Gasteiger partial charge in [0, 0.05) is 47.3 Å². The Balaban J connectivity index is 1.77. The number of carbonyl (C=O) groups is 4. The van der Waals surface area contributed by atoms with Crippen LogP contribution in [-0.4, -0.2) is 64.8 Å². The van der Waals surface area contributed by atoms with Gasteiger partial charge in [-0.15, -0.1) is 0 Å². The minimum Gasteiger partial charge on any atom is -0.472 e. The van der Waals surface area contributed by atoms with Crippen LogP contribution in [0.25, 0.3) is 0 Å². The molecule has 2 fully saturated rings.